The summed E-state index contributed by atoms with van der Waals surface area (Å²) in [6, 6.07) is 5.57. The molecule has 2 amide bonds. The third kappa shape index (κ3) is 6.14. The molecule has 0 aliphatic heterocycles. The van der Waals surface area contributed by atoms with Gasteiger partial charge in [0.15, 0.2) is 0 Å². The smallest absolute Gasteiger partial charge is 0.248 e. The molecule has 0 aliphatic carbocycles. The van der Waals surface area contributed by atoms with Crippen molar-refractivity contribution in [3.8, 4) is 5.75 Å². The molecule has 0 saturated carbocycles. The minimum absolute atomic E-state index is 0.187. The zero-order valence-electron chi connectivity index (χ0n) is 10.8. The Bertz CT molecular complexity index is 450. The Morgan fingerprint density at radius 1 is 1.35 bits per heavy atom. The lowest BCUT2D eigenvalue weighted by atomic mass is 10.3. The highest BCUT2D eigenvalue weighted by Gasteiger charge is 2.11. The Morgan fingerprint density at radius 3 is 2.60 bits per heavy atom. The van der Waals surface area contributed by atoms with E-state index in [1.807, 2.05) is 0 Å². The van der Waals surface area contributed by atoms with Gasteiger partial charge in [-0.05, 0) is 30.7 Å². The molecule has 4 N–H and O–H groups in total. The van der Waals surface area contributed by atoms with Gasteiger partial charge in [0.1, 0.15) is 17.7 Å². The van der Waals surface area contributed by atoms with Crippen LogP contribution in [0.2, 0.25) is 0 Å². The lowest BCUT2D eigenvalue weighted by Gasteiger charge is -2.09. The molecule has 0 fully saturated rings. The monoisotopic (exact) mass is 284 g/mol. The zero-order chi connectivity index (χ0) is 15.0. The third-order valence-electron chi connectivity index (χ3n) is 2.45. The lowest BCUT2D eigenvalue weighted by Crippen LogP contribution is -2.39. The normalized spacial score (nSPS) is 11.7. The predicted molar refractivity (Wildman–Crippen MR) is 69.3 cm³/mol. The highest BCUT2D eigenvalue weighted by molar-refractivity contribution is 5.80. The number of carbonyl (C=O) groups excluding carboxylic acids is 2. The topological polar surface area (TPSA) is 102 Å². The number of amides is 2. The van der Waals surface area contributed by atoms with Crippen molar-refractivity contribution >= 4 is 11.8 Å². The summed E-state index contributed by atoms with van der Waals surface area (Å²) in [5.41, 5.74) is 4.83. The third-order valence-corrected chi connectivity index (χ3v) is 2.45. The van der Waals surface area contributed by atoms with Crippen LogP contribution < -0.4 is 15.8 Å². The lowest BCUT2D eigenvalue weighted by molar-refractivity contribution is -0.127. The molecular formula is C13H17FN2O4. The van der Waals surface area contributed by atoms with Gasteiger partial charge in [-0.3, -0.25) is 9.59 Å². The molecule has 0 heterocycles. The number of halogens is 1. The highest BCUT2D eigenvalue weighted by Crippen LogP contribution is 2.11. The Hall–Kier alpha value is -2.15. The van der Waals surface area contributed by atoms with Gasteiger partial charge < -0.3 is 20.9 Å². The maximum absolute atomic E-state index is 12.6. The Kier molecular flexibility index (Phi) is 6.45. The van der Waals surface area contributed by atoms with Gasteiger partial charge in [0, 0.05) is 6.42 Å². The molecule has 1 unspecified atom stereocenters. The number of nitrogens with two attached hydrogens (primary N) is 1. The van der Waals surface area contributed by atoms with Crippen molar-refractivity contribution in [2.75, 3.05) is 13.2 Å². The first-order chi connectivity index (χ1) is 9.49. The number of hydrogen-bond donors (Lipinski definition) is 3. The maximum Gasteiger partial charge on any atom is 0.248 e. The molecule has 7 heteroatoms. The molecule has 0 saturated heterocycles. The number of hydrogen-bond acceptors (Lipinski definition) is 4. The molecule has 1 atom stereocenters. The van der Waals surface area contributed by atoms with Gasteiger partial charge in [-0.15, -0.1) is 0 Å². The first-order valence-corrected chi connectivity index (χ1v) is 6.11. The number of aliphatic hydroxyl groups is 1. The van der Waals surface area contributed by atoms with Crippen LogP contribution >= 0.6 is 0 Å². The van der Waals surface area contributed by atoms with E-state index in [4.69, 9.17) is 15.6 Å². The van der Waals surface area contributed by atoms with Crippen molar-refractivity contribution in [3.05, 3.63) is 30.1 Å². The van der Waals surface area contributed by atoms with Crippen molar-refractivity contribution in [1.29, 1.82) is 0 Å². The standard InChI is InChI=1S/C13H17FN2O4/c14-9-3-5-10(6-4-9)20-7-1-2-12(18)16-8-11(17)13(15)19/h3-6,11,17H,1-2,7-8H2,(H2,15,19)(H,16,18). The molecule has 1 rings (SSSR count). The van der Waals surface area contributed by atoms with Crippen LogP contribution in [0.1, 0.15) is 12.8 Å². The summed E-state index contributed by atoms with van der Waals surface area (Å²) in [5, 5.41) is 11.4. The second-order valence-corrected chi connectivity index (χ2v) is 4.13. The van der Waals surface area contributed by atoms with E-state index < -0.39 is 12.0 Å². The molecule has 0 aromatic heterocycles. The second kappa shape index (κ2) is 8.11. The van der Waals surface area contributed by atoms with Gasteiger partial charge in [0.25, 0.3) is 0 Å². The number of aliphatic hydroxyl groups excluding tert-OH is 1. The van der Waals surface area contributed by atoms with Crippen molar-refractivity contribution in [2.24, 2.45) is 5.73 Å². The Balaban J connectivity index is 2.13. The van der Waals surface area contributed by atoms with Gasteiger partial charge in [-0.25, -0.2) is 4.39 Å². The Labute approximate surface area is 115 Å². The summed E-state index contributed by atoms with van der Waals surface area (Å²) in [4.78, 5) is 21.9. The van der Waals surface area contributed by atoms with Gasteiger partial charge in [0.05, 0.1) is 13.2 Å². The van der Waals surface area contributed by atoms with E-state index in [1.54, 1.807) is 0 Å². The summed E-state index contributed by atoms with van der Waals surface area (Å²) >= 11 is 0. The van der Waals surface area contributed by atoms with E-state index in [0.29, 0.717) is 18.8 Å². The van der Waals surface area contributed by atoms with Crippen molar-refractivity contribution in [3.63, 3.8) is 0 Å². The highest BCUT2D eigenvalue weighted by atomic mass is 19.1. The Morgan fingerprint density at radius 2 is 2.00 bits per heavy atom. The van der Waals surface area contributed by atoms with Crippen LogP contribution in [0.25, 0.3) is 0 Å². The molecule has 20 heavy (non-hydrogen) atoms. The van der Waals surface area contributed by atoms with E-state index in [-0.39, 0.29) is 24.7 Å². The van der Waals surface area contributed by atoms with Crippen LogP contribution in [0.15, 0.2) is 24.3 Å². The van der Waals surface area contributed by atoms with Gasteiger partial charge in [-0.1, -0.05) is 0 Å². The number of benzene rings is 1. The predicted octanol–water partition coefficient (Wildman–Crippen LogP) is -0.0529. The molecule has 0 bridgehead atoms. The van der Waals surface area contributed by atoms with Crippen molar-refractivity contribution in [1.82, 2.24) is 5.32 Å². The van der Waals surface area contributed by atoms with E-state index in [2.05, 4.69) is 5.32 Å². The minimum atomic E-state index is -1.38. The van der Waals surface area contributed by atoms with Crippen LogP contribution in [-0.4, -0.2) is 36.2 Å². The number of carbonyl (C=O) groups is 2. The van der Waals surface area contributed by atoms with Crippen LogP contribution in [-0.2, 0) is 9.59 Å². The average Bonchev–Trinajstić information content (AvgIpc) is 2.42. The molecule has 6 nitrogen and oxygen atoms in total. The van der Waals surface area contributed by atoms with Crippen molar-refractivity contribution < 1.29 is 23.8 Å². The number of ether oxygens (including phenoxy) is 1. The van der Waals surface area contributed by atoms with Crippen molar-refractivity contribution in [2.45, 2.75) is 18.9 Å². The van der Waals surface area contributed by atoms with E-state index in [9.17, 15) is 14.0 Å². The molecule has 110 valence electrons. The van der Waals surface area contributed by atoms with Crippen LogP contribution in [0.5, 0.6) is 5.75 Å². The first-order valence-electron chi connectivity index (χ1n) is 6.11. The van der Waals surface area contributed by atoms with Crippen LogP contribution in [0, 0.1) is 5.82 Å². The summed E-state index contributed by atoms with van der Waals surface area (Å²) in [5.74, 6) is -1.02. The molecule has 0 radical (unpaired) electrons. The van der Waals surface area contributed by atoms with E-state index in [1.165, 1.54) is 24.3 Å². The molecule has 1 aromatic rings. The summed E-state index contributed by atoms with van der Waals surface area (Å²) in [6.45, 7) is 0.102. The first kappa shape index (κ1) is 15.9. The molecular weight excluding hydrogens is 267 g/mol. The van der Waals surface area contributed by atoms with E-state index in [0.717, 1.165) is 0 Å². The fourth-order valence-corrected chi connectivity index (χ4v) is 1.35. The molecule has 0 spiro atoms. The number of nitrogens with one attached hydrogen (secondary N) is 1. The zero-order valence-corrected chi connectivity index (χ0v) is 10.8. The van der Waals surface area contributed by atoms with Crippen LogP contribution in [0.3, 0.4) is 0 Å². The average molecular weight is 284 g/mol. The maximum atomic E-state index is 12.6. The van der Waals surface area contributed by atoms with Gasteiger partial charge in [0.2, 0.25) is 11.8 Å². The van der Waals surface area contributed by atoms with Gasteiger partial charge in [-0.2, -0.15) is 0 Å². The fraction of sp³-hybridized carbons (Fsp3) is 0.385. The largest absolute Gasteiger partial charge is 0.494 e. The SMILES string of the molecule is NC(=O)C(O)CNC(=O)CCCOc1ccc(F)cc1. The van der Waals surface area contributed by atoms with Gasteiger partial charge >= 0.3 is 0 Å². The number of rotatable bonds is 8. The summed E-state index contributed by atoms with van der Waals surface area (Å²) < 4.78 is 17.9. The fourth-order valence-electron chi connectivity index (χ4n) is 1.35. The quantitative estimate of drug-likeness (QED) is 0.582. The molecule has 1 aromatic carbocycles. The second-order valence-electron chi connectivity index (χ2n) is 4.13. The summed E-state index contributed by atoms with van der Waals surface area (Å²) in [7, 11) is 0. The minimum Gasteiger partial charge on any atom is -0.494 e. The summed E-state index contributed by atoms with van der Waals surface area (Å²) in [6.07, 6.45) is -0.739. The number of primary amides is 1. The van der Waals surface area contributed by atoms with Crippen LogP contribution in [0.4, 0.5) is 4.39 Å². The van der Waals surface area contributed by atoms with E-state index >= 15 is 0 Å². The molecule has 0 aliphatic rings.